The monoisotopic (exact) mass is 330 g/mol. The molecule has 5 heteroatoms. The van der Waals surface area contributed by atoms with Crippen LogP contribution in [0.5, 0.6) is 0 Å². The summed E-state index contributed by atoms with van der Waals surface area (Å²) < 4.78 is 2.49. The maximum Gasteiger partial charge on any atom is 0.289 e. The van der Waals surface area contributed by atoms with Crippen LogP contribution in [0.3, 0.4) is 0 Å². The van der Waals surface area contributed by atoms with E-state index in [9.17, 15) is 10.1 Å². The number of benzene rings is 2. The zero-order chi connectivity index (χ0) is 14.3. The topological polar surface area (TPSA) is 51.0 Å². The Bertz CT molecular complexity index is 871. The van der Waals surface area contributed by atoms with E-state index in [1.54, 1.807) is 31.2 Å². The summed E-state index contributed by atoms with van der Waals surface area (Å²) in [6.45, 7) is 1.66. The average Bonchev–Trinajstić information content (AvgIpc) is 2.45. The van der Waals surface area contributed by atoms with Crippen molar-refractivity contribution in [3.8, 4) is 11.3 Å². The van der Waals surface area contributed by atoms with Crippen LogP contribution >= 0.6 is 15.9 Å². The van der Waals surface area contributed by atoms with E-state index in [0.717, 1.165) is 13.6 Å². The molecule has 1 aromatic heterocycles. The Balaban J connectivity index is 2.46. The van der Waals surface area contributed by atoms with Crippen LogP contribution in [0, 0.1) is 17.0 Å². The fourth-order valence-electron chi connectivity index (χ4n) is 2.31. The first kappa shape index (κ1) is 12.9. The molecule has 0 atom stereocenters. The van der Waals surface area contributed by atoms with Crippen LogP contribution in [-0.4, -0.2) is 4.73 Å². The van der Waals surface area contributed by atoms with Gasteiger partial charge in [-0.25, -0.2) is 0 Å². The van der Waals surface area contributed by atoms with Gasteiger partial charge in [0.05, 0.1) is 15.7 Å². The molecular formula is C15H11BrN2O2. The molecule has 0 aliphatic rings. The molecule has 4 nitrogen and oxygen atoms in total. The second-order valence-corrected chi connectivity index (χ2v) is 5.44. The summed E-state index contributed by atoms with van der Waals surface area (Å²) in [5, 5.41) is 12.3. The van der Waals surface area contributed by atoms with Gasteiger partial charge in [0.25, 0.3) is 11.2 Å². The molecule has 0 saturated heterocycles. The summed E-state index contributed by atoms with van der Waals surface area (Å²) in [6.07, 6.45) is 0. The lowest BCUT2D eigenvalue weighted by atomic mass is 10.1. The lowest BCUT2D eigenvalue weighted by molar-refractivity contribution is -0.452. The zero-order valence-electron chi connectivity index (χ0n) is 10.7. The summed E-state index contributed by atoms with van der Waals surface area (Å²) in [4.78, 5) is 12.6. The van der Waals surface area contributed by atoms with Crippen molar-refractivity contribution >= 4 is 27.0 Å². The number of hydrogen-bond acceptors (Lipinski definition) is 2. The summed E-state index contributed by atoms with van der Waals surface area (Å²) in [6, 6.07) is 14.1. The van der Waals surface area contributed by atoms with Crippen molar-refractivity contribution in [2.45, 2.75) is 6.92 Å². The van der Waals surface area contributed by atoms with Crippen molar-refractivity contribution in [3.63, 3.8) is 0 Å². The van der Waals surface area contributed by atoms with E-state index < -0.39 is 0 Å². The van der Waals surface area contributed by atoms with Crippen molar-refractivity contribution in [1.29, 1.82) is 0 Å². The summed E-state index contributed by atoms with van der Waals surface area (Å²) in [7, 11) is 0. The Morgan fingerprint density at radius 2 is 1.90 bits per heavy atom. The highest BCUT2D eigenvalue weighted by molar-refractivity contribution is 9.10. The lowest BCUT2D eigenvalue weighted by Crippen LogP contribution is -2.23. The Labute approximate surface area is 123 Å². The SMILES string of the molecule is Cc1c(-c2cccc(Br)c2)[n+](=O)c2ccccc2n1[O-]. The van der Waals surface area contributed by atoms with Crippen LogP contribution in [-0.2, 0) is 0 Å². The highest BCUT2D eigenvalue weighted by atomic mass is 79.9. The van der Waals surface area contributed by atoms with Crippen LogP contribution in [0.25, 0.3) is 22.3 Å². The molecule has 0 fully saturated rings. The van der Waals surface area contributed by atoms with Gasteiger partial charge in [0.2, 0.25) is 0 Å². The van der Waals surface area contributed by atoms with Crippen molar-refractivity contribution < 1.29 is 4.43 Å². The zero-order valence-corrected chi connectivity index (χ0v) is 12.3. The Hall–Kier alpha value is -2.14. The molecule has 2 aromatic carbocycles. The Kier molecular flexibility index (Phi) is 3.06. The van der Waals surface area contributed by atoms with E-state index in [0.29, 0.717) is 28.0 Å². The quantitative estimate of drug-likeness (QED) is 0.639. The van der Waals surface area contributed by atoms with Gasteiger partial charge >= 0.3 is 0 Å². The third-order valence-electron chi connectivity index (χ3n) is 3.27. The highest BCUT2D eigenvalue weighted by Gasteiger charge is 2.21. The first-order valence-corrected chi connectivity index (χ1v) is 6.89. The number of para-hydroxylation sites is 2. The minimum atomic E-state index is 0.364. The number of rotatable bonds is 1. The number of halogens is 1. The number of nitrogens with zero attached hydrogens (tertiary/aromatic N) is 2. The standard InChI is InChI=1S/C15H11BrN2O2/c1-10-15(11-5-4-6-12(16)9-11)18(20)14-8-3-2-7-13(14)17(10)19/h2-9H,1H3. The van der Waals surface area contributed by atoms with E-state index in [2.05, 4.69) is 15.9 Å². The van der Waals surface area contributed by atoms with Crippen molar-refractivity contribution in [2.24, 2.45) is 0 Å². The van der Waals surface area contributed by atoms with Crippen molar-refractivity contribution in [2.75, 3.05) is 0 Å². The second-order valence-electron chi connectivity index (χ2n) is 4.52. The summed E-state index contributed by atoms with van der Waals surface area (Å²) in [5.41, 5.74) is 2.21. The van der Waals surface area contributed by atoms with E-state index in [1.165, 1.54) is 0 Å². The fourth-order valence-corrected chi connectivity index (χ4v) is 2.71. The molecule has 0 N–H and O–H groups in total. The highest BCUT2D eigenvalue weighted by Crippen LogP contribution is 2.24. The van der Waals surface area contributed by atoms with Gasteiger partial charge in [0.15, 0.2) is 0 Å². The molecule has 0 bridgehead atoms. The van der Waals surface area contributed by atoms with Gasteiger partial charge in [0, 0.05) is 15.4 Å². The van der Waals surface area contributed by atoms with Crippen LogP contribution in [0.4, 0.5) is 0 Å². The average molecular weight is 331 g/mol. The molecule has 0 saturated carbocycles. The predicted octanol–water partition coefficient (Wildman–Crippen LogP) is 3.64. The summed E-state index contributed by atoms with van der Waals surface area (Å²) >= 11 is 3.38. The summed E-state index contributed by atoms with van der Waals surface area (Å²) in [5.74, 6) is 0. The van der Waals surface area contributed by atoms with E-state index in [4.69, 9.17) is 0 Å². The minimum Gasteiger partial charge on any atom is -0.805 e. The molecule has 20 heavy (non-hydrogen) atoms. The molecule has 0 aliphatic carbocycles. The van der Waals surface area contributed by atoms with E-state index in [-0.39, 0.29) is 0 Å². The third-order valence-corrected chi connectivity index (χ3v) is 3.76. The van der Waals surface area contributed by atoms with Gasteiger partial charge in [-0.3, -0.25) is 0 Å². The molecular weight excluding hydrogens is 320 g/mol. The fraction of sp³-hybridized carbons (Fsp3) is 0.0667. The first-order valence-electron chi connectivity index (χ1n) is 6.10. The van der Waals surface area contributed by atoms with Gasteiger partial charge in [-0.15, -0.1) is 0 Å². The third kappa shape index (κ3) is 1.91. The lowest BCUT2D eigenvalue weighted by Gasteiger charge is -2.16. The molecule has 1 heterocycles. The van der Waals surface area contributed by atoms with Crippen molar-refractivity contribution in [1.82, 2.24) is 4.73 Å². The smallest absolute Gasteiger partial charge is 0.289 e. The predicted molar refractivity (Wildman–Crippen MR) is 81.9 cm³/mol. The molecule has 3 aromatic rings. The number of fused-ring (bicyclic) bond motifs is 1. The van der Waals surface area contributed by atoms with Gasteiger partial charge in [-0.05, 0) is 31.2 Å². The molecule has 100 valence electrons. The first-order chi connectivity index (χ1) is 9.59. The van der Waals surface area contributed by atoms with Crippen LogP contribution < -0.4 is 4.43 Å². The van der Waals surface area contributed by atoms with E-state index >= 15 is 0 Å². The number of aromatic nitrogens is 2. The van der Waals surface area contributed by atoms with Gasteiger partial charge in [-0.1, -0.05) is 34.1 Å². The van der Waals surface area contributed by atoms with Crippen molar-refractivity contribution in [3.05, 3.63) is 68.8 Å². The maximum absolute atomic E-state index is 12.6. The van der Waals surface area contributed by atoms with Crippen LogP contribution in [0.15, 0.2) is 53.0 Å². The Morgan fingerprint density at radius 3 is 2.65 bits per heavy atom. The van der Waals surface area contributed by atoms with Gasteiger partial charge < -0.3 is 9.94 Å². The second kappa shape index (κ2) is 4.76. The van der Waals surface area contributed by atoms with Crippen LogP contribution in [0.2, 0.25) is 0 Å². The normalized spacial score (nSPS) is 10.9. The van der Waals surface area contributed by atoms with Crippen LogP contribution in [0.1, 0.15) is 5.69 Å². The molecule has 0 spiro atoms. The molecule has 0 radical (unpaired) electrons. The van der Waals surface area contributed by atoms with E-state index in [1.807, 2.05) is 24.3 Å². The molecule has 3 rings (SSSR count). The molecule has 0 aliphatic heterocycles. The maximum atomic E-state index is 12.6. The van der Waals surface area contributed by atoms with Gasteiger partial charge in [0.1, 0.15) is 5.52 Å². The Morgan fingerprint density at radius 1 is 1.15 bits per heavy atom. The number of hydrogen-bond donors (Lipinski definition) is 0. The molecule has 0 unspecified atom stereocenters. The van der Waals surface area contributed by atoms with Gasteiger partial charge in [-0.2, -0.15) is 0 Å². The molecule has 0 amide bonds. The largest absolute Gasteiger partial charge is 0.805 e. The minimum absolute atomic E-state index is 0.364.